The molecule has 8 heteroatoms. The van der Waals surface area contributed by atoms with Gasteiger partial charge in [-0.1, -0.05) is 35.6 Å². The molecule has 3 aromatic rings. The van der Waals surface area contributed by atoms with Crippen molar-refractivity contribution in [3.8, 4) is 5.75 Å². The normalized spacial score (nSPS) is 15.9. The summed E-state index contributed by atoms with van der Waals surface area (Å²) in [6.07, 6.45) is 1.63. The fraction of sp³-hybridized carbons (Fsp3) is 0.208. The van der Waals surface area contributed by atoms with E-state index in [1.165, 1.54) is 28.0 Å². The Hall–Kier alpha value is -3.52. The summed E-state index contributed by atoms with van der Waals surface area (Å²) in [6.45, 7) is 3.66. The molecule has 1 aliphatic rings. The van der Waals surface area contributed by atoms with E-state index < -0.39 is 12.0 Å². The molecule has 0 bridgehead atoms. The van der Waals surface area contributed by atoms with E-state index in [9.17, 15) is 14.0 Å². The molecular weight excluding hydrogens is 431 g/mol. The van der Waals surface area contributed by atoms with Crippen LogP contribution < -0.4 is 19.6 Å². The Morgan fingerprint density at radius 2 is 2.00 bits per heavy atom. The molecule has 0 unspecified atom stereocenters. The number of aromatic nitrogens is 1. The first-order chi connectivity index (χ1) is 15.4. The highest BCUT2D eigenvalue weighted by Gasteiger charge is 2.33. The highest BCUT2D eigenvalue weighted by atomic mass is 32.1. The molecule has 1 atom stereocenters. The molecule has 6 nitrogen and oxygen atoms in total. The minimum atomic E-state index is -0.703. The quantitative estimate of drug-likeness (QED) is 0.558. The zero-order valence-corrected chi connectivity index (χ0v) is 18.6. The third-order valence-corrected chi connectivity index (χ3v) is 6.08. The topological polar surface area (TPSA) is 69.9 Å². The van der Waals surface area contributed by atoms with Crippen LogP contribution in [0.15, 0.2) is 69.6 Å². The number of nitrogens with zero attached hydrogens (tertiary/aromatic N) is 2. The van der Waals surface area contributed by atoms with Crippen molar-refractivity contribution in [2.24, 2.45) is 4.99 Å². The number of fused-ring (bicyclic) bond motifs is 1. The largest absolute Gasteiger partial charge is 0.497 e. The fourth-order valence-electron chi connectivity index (χ4n) is 3.64. The maximum atomic E-state index is 13.6. The first kappa shape index (κ1) is 21.7. The Morgan fingerprint density at radius 1 is 1.25 bits per heavy atom. The number of allylic oxidation sites excluding steroid dienone is 1. The number of hydrogen-bond donors (Lipinski definition) is 0. The minimum absolute atomic E-state index is 0.203. The van der Waals surface area contributed by atoms with Gasteiger partial charge < -0.3 is 9.47 Å². The zero-order valence-electron chi connectivity index (χ0n) is 17.8. The molecule has 4 rings (SSSR count). The smallest absolute Gasteiger partial charge is 0.338 e. The summed E-state index contributed by atoms with van der Waals surface area (Å²) in [6, 6.07) is 12.5. The van der Waals surface area contributed by atoms with Gasteiger partial charge in [-0.05, 0) is 55.3 Å². The van der Waals surface area contributed by atoms with Gasteiger partial charge in [-0.15, -0.1) is 0 Å². The van der Waals surface area contributed by atoms with Crippen LogP contribution in [0, 0.1) is 5.82 Å². The highest BCUT2D eigenvalue weighted by Crippen LogP contribution is 2.31. The minimum Gasteiger partial charge on any atom is -0.497 e. The summed E-state index contributed by atoms with van der Waals surface area (Å²) < 4.78 is 26.0. The molecule has 0 amide bonds. The summed E-state index contributed by atoms with van der Waals surface area (Å²) in [5.74, 6) is -0.247. The summed E-state index contributed by atoms with van der Waals surface area (Å²) in [4.78, 5) is 31.3. The molecule has 0 aliphatic carbocycles. The number of esters is 1. The van der Waals surface area contributed by atoms with Gasteiger partial charge in [0.1, 0.15) is 11.6 Å². The predicted molar refractivity (Wildman–Crippen MR) is 120 cm³/mol. The van der Waals surface area contributed by atoms with Crippen LogP contribution in [0.4, 0.5) is 4.39 Å². The Morgan fingerprint density at radius 3 is 2.66 bits per heavy atom. The third kappa shape index (κ3) is 4.01. The predicted octanol–water partition coefficient (Wildman–Crippen LogP) is 2.95. The first-order valence-electron chi connectivity index (χ1n) is 10.0. The zero-order chi connectivity index (χ0) is 22.8. The van der Waals surface area contributed by atoms with Crippen molar-refractivity contribution in [3.63, 3.8) is 0 Å². The average Bonchev–Trinajstić information content (AvgIpc) is 3.07. The van der Waals surface area contributed by atoms with Crippen molar-refractivity contribution in [2.75, 3.05) is 13.7 Å². The molecular formula is C24H21FN2O4S. The van der Waals surface area contributed by atoms with Crippen molar-refractivity contribution in [1.82, 2.24) is 4.57 Å². The molecule has 1 aromatic heterocycles. The van der Waals surface area contributed by atoms with E-state index in [4.69, 9.17) is 9.47 Å². The van der Waals surface area contributed by atoms with Gasteiger partial charge >= 0.3 is 5.97 Å². The van der Waals surface area contributed by atoms with E-state index in [1.807, 2.05) is 12.1 Å². The molecule has 1 aliphatic heterocycles. The lowest BCUT2D eigenvalue weighted by molar-refractivity contribution is -0.139. The van der Waals surface area contributed by atoms with Crippen molar-refractivity contribution >= 4 is 23.4 Å². The van der Waals surface area contributed by atoms with Gasteiger partial charge in [-0.25, -0.2) is 14.2 Å². The van der Waals surface area contributed by atoms with E-state index >= 15 is 0 Å². The lowest BCUT2D eigenvalue weighted by Crippen LogP contribution is -2.39. The maximum Gasteiger partial charge on any atom is 0.338 e. The van der Waals surface area contributed by atoms with E-state index in [0.29, 0.717) is 31.9 Å². The van der Waals surface area contributed by atoms with Crippen LogP contribution >= 0.6 is 11.3 Å². The first-order valence-corrected chi connectivity index (χ1v) is 10.8. The van der Waals surface area contributed by atoms with Gasteiger partial charge in [0, 0.05) is 0 Å². The second kappa shape index (κ2) is 8.92. The van der Waals surface area contributed by atoms with Crippen LogP contribution in [-0.4, -0.2) is 24.3 Å². The number of carbonyl (C=O) groups is 1. The van der Waals surface area contributed by atoms with Crippen molar-refractivity contribution in [1.29, 1.82) is 0 Å². The molecule has 0 N–H and O–H groups in total. The van der Waals surface area contributed by atoms with Crippen molar-refractivity contribution < 1.29 is 18.7 Å². The number of benzene rings is 2. The molecule has 0 radical (unpaired) electrons. The molecule has 0 saturated heterocycles. The van der Waals surface area contributed by atoms with E-state index in [0.717, 1.165) is 5.56 Å². The number of rotatable bonds is 5. The number of hydrogen-bond acceptors (Lipinski definition) is 6. The van der Waals surface area contributed by atoms with Gasteiger partial charge in [-0.3, -0.25) is 9.36 Å². The molecule has 32 heavy (non-hydrogen) atoms. The Kier molecular flexibility index (Phi) is 6.05. The second-order valence-electron chi connectivity index (χ2n) is 7.13. The van der Waals surface area contributed by atoms with Gasteiger partial charge in [0.2, 0.25) is 0 Å². The SMILES string of the molecule is CCOC(=O)C1=C(C)N=c2s/c(=C\c3cccc(F)c3)c(=O)n2[C@H]1c1ccc(OC)cc1. The number of carbonyl (C=O) groups excluding carboxylic acids is 1. The highest BCUT2D eigenvalue weighted by molar-refractivity contribution is 7.07. The summed E-state index contributed by atoms with van der Waals surface area (Å²) >= 11 is 1.19. The van der Waals surface area contributed by atoms with Crippen molar-refractivity contribution in [3.05, 3.63) is 96.4 Å². The monoisotopic (exact) mass is 452 g/mol. The molecule has 2 heterocycles. The fourth-order valence-corrected chi connectivity index (χ4v) is 4.69. The molecule has 0 spiro atoms. The standard InChI is InChI=1S/C24H21FN2O4S/c1-4-31-23(29)20-14(2)26-24-27(21(20)16-8-10-18(30-3)11-9-16)22(28)19(32-24)13-15-6-5-7-17(25)12-15/h5-13,21H,4H2,1-3H3/b19-13-/t21-/m0/s1. The maximum absolute atomic E-state index is 13.6. The van der Waals surface area contributed by atoms with Crippen LogP contribution in [0.5, 0.6) is 5.75 Å². The summed E-state index contributed by atoms with van der Waals surface area (Å²) in [7, 11) is 1.57. The molecule has 2 aromatic carbocycles. The Labute approximate surface area is 187 Å². The average molecular weight is 453 g/mol. The van der Waals surface area contributed by atoms with Gasteiger partial charge in [0.25, 0.3) is 5.56 Å². The van der Waals surface area contributed by atoms with E-state index in [-0.39, 0.29) is 18.0 Å². The molecule has 0 saturated carbocycles. The van der Waals surface area contributed by atoms with E-state index in [2.05, 4.69) is 4.99 Å². The Balaban J connectivity index is 1.94. The number of methoxy groups -OCH3 is 1. The van der Waals surface area contributed by atoms with Gasteiger partial charge in [-0.2, -0.15) is 0 Å². The summed E-state index contributed by atoms with van der Waals surface area (Å²) in [5.41, 5.74) is 1.77. The van der Waals surface area contributed by atoms with Crippen LogP contribution in [0.3, 0.4) is 0 Å². The number of ether oxygens (including phenoxy) is 2. The van der Waals surface area contributed by atoms with Crippen LogP contribution in [0.2, 0.25) is 0 Å². The number of thiazole rings is 1. The number of halogens is 1. The van der Waals surface area contributed by atoms with Gasteiger partial charge in [0.05, 0.1) is 35.6 Å². The lowest BCUT2D eigenvalue weighted by atomic mass is 9.96. The van der Waals surface area contributed by atoms with Crippen LogP contribution in [0.1, 0.15) is 31.0 Å². The third-order valence-electron chi connectivity index (χ3n) is 5.10. The second-order valence-corrected chi connectivity index (χ2v) is 8.14. The molecule has 164 valence electrons. The molecule has 0 fully saturated rings. The van der Waals surface area contributed by atoms with Crippen LogP contribution in [-0.2, 0) is 9.53 Å². The summed E-state index contributed by atoms with van der Waals surface area (Å²) in [5, 5.41) is 0. The van der Waals surface area contributed by atoms with Crippen molar-refractivity contribution in [2.45, 2.75) is 19.9 Å². The van der Waals surface area contributed by atoms with Crippen LogP contribution in [0.25, 0.3) is 6.08 Å². The van der Waals surface area contributed by atoms with E-state index in [1.54, 1.807) is 51.3 Å². The Bertz CT molecular complexity index is 1390. The lowest BCUT2D eigenvalue weighted by Gasteiger charge is -2.24. The van der Waals surface area contributed by atoms with Gasteiger partial charge in [0.15, 0.2) is 4.80 Å².